The number of ether oxygens (including phenoxy) is 2. The van der Waals surface area contributed by atoms with E-state index in [-0.39, 0.29) is 18.5 Å². The number of benzene rings is 1. The van der Waals surface area contributed by atoms with Crippen molar-refractivity contribution in [1.82, 2.24) is 5.06 Å². The molecule has 1 aromatic rings. The third-order valence-corrected chi connectivity index (χ3v) is 4.24. The van der Waals surface area contributed by atoms with Crippen molar-refractivity contribution < 1.29 is 23.9 Å². The molecule has 1 unspecified atom stereocenters. The number of hydrogen-bond donors (Lipinski definition) is 0. The summed E-state index contributed by atoms with van der Waals surface area (Å²) in [7, 11) is 0. The number of hydrogen-bond acceptors (Lipinski definition) is 5. The first kappa shape index (κ1) is 20.2. The van der Waals surface area contributed by atoms with Crippen LogP contribution in [0.5, 0.6) is 0 Å². The van der Waals surface area contributed by atoms with Gasteiger partial charge in [-0.2, -0.15) is 5.06 Å². The molecule has 0 saturated heterocycles. The Labute approximate surface area is 155 Å². The predicted octanol–water partition coefficient (Wildman–Crippen LogP) is 4.32. The summed E-state index contributed by atoms with van der Waals surface area (Å²) in [5, 5.41) is 1.25. The molecule has 1 amide bonds. The highest BCUT2D eigenvalue weighted by Gasteiger charge is 2.29. The normalized spacial score (nSPS) is 15.2. The van der Waals surface area contributed by atoms with Gasteiger partial charge in [0, 0.05) is 0 Å². The molecule has 6 heteroatoms. The second kappa shape index (κ2) is 8.54. The fourth-order valence-electron chi connectivity index (χ4n) is 3.03. The zero-order valence-electron chi connectivity index (χ0n) is 16.3. The second-order valence-corrected chi connectivity index (χ2v) is 7.39. The summed E-state index contributed by atoms with van der Waals surface area (Å²) in [6.07, 6.45) is 0.675. The number of esters is 1. The second-order valence-electron chi connectivity index (χ2n) is 7.39. The zero-order chi connectivity index (χ0) is 19.3. The van der Waals surface area contributed by atoms with E-state index in [9.17, 15) is 9.59 Å². The Balaban J connectivity index is 2.17. The lowest BCUT2D eigenvalue weighted by Crippen LogP contribution is -2.38. The number of nitrogens with zero attached hydrogens (tertiary/aromatic N) is 1. The molecule has 0 radical (unpaired) electrons. The van der Waals surface area contributed by atoms with Gasteiger partial charge in [0.15, 0.2) is 0 Å². The summed E-state index contributed by atoms with van der Waals surface area (Å²) < 4.78 is 10.5. The first-order valence-corrected chi connectivity index (χ1v) is 9.14. The molecule has 0 saturated carbocycles. The van der Waals surface area contributed by atoms with Crippen LogP contribution >= 0.6 is 0 Å². The van der Waals surface area contributed by atoms with Crippen LogP contribution in [0.15, 0.2) is 18.2 Å². The lowest BCUT2D eigenvalue weighted by atomic mass is 9.87. The molecular formula is C20H29NO5. The summed E-state index contributed by atoms with van der Waals surface area (Å²) in [4.78, 5) is 29.8. The molecule has 1 heterocycles. The van der Waals surface area contributed by atoms with E-state index in [0.717, 1.165) is 23.1 Å². The van der Waals surface area contributed by atoms with Crippen molar-refractivity contribution in [1.29, 1.82) is 0 Å². The molecule has 1 aliphatic rings. The maximum absolute atomic E-state index is 12.2. The molecule has 144 valence electrons. The van der Waals surface area contributed by atoms with Crippen molar-refractivity contribution in [2.24, 2.45) is 0 Å². The number of carbonyl (C=O) groups excluding carboxylic acids is 2. The third kappa shape index (κ3) is 5.21. The minimum absolute atomic E-state index is 0.0701. The van der Waals surface area contributed by atoms with E-state index < -0.39 is 11.7 Å². The summed E-state index contributed by atoms with van der Waals surface area (Å²) in [6.45, 7) is 10.3. The van der Waals surface area contributed by atoms with Crippen molar-refractivity contribution in [2.75, 3.05) is 6.61 Å². The SMILES string of the molecule is CCOC(=O)CC(CC)c1cccc2c1CON(C(=O)OC(C)(C)C)C2. The predicted molar refractivity (Wildman–Crippen MR) is 97.3 cm³/mol. The van der Waals surface area contributed by atoms with E-state index >= 15 is 0 Å². The molecule has 0 N–H and O–H groups in total. The first-order chi connectivity index (χ1) is 12.2. The maximum Gasteiger partial charge on any atom is 0.434 e. The van der Waals surface area contributed by atoms with Crippen LogP contribution in [0.3, 0.4) is 0 Å². The zero-order valence-corrected chi connectivity index (χ0v) is 16.3. The topological polar surface area (TPSA) is 65.1 Å². The van der Waals surface area contributed by atoms with Crippen molar-refractivity contribution in [3.63, 3.8) is 0 Å². The molecule has 1 aliphatic heterocycles. The Hall–Kier alpha value is -2.08. The van der Waals surface area contributed by atoms with E-state index in [1.54, 1.807) is 0 Å². The van der Waals surface area contributed by atoms with E-state index in [4.69, 9.17) is 14.3 Å². The van der Waals surface area contributed by atoms with Gasteiger partial charge in [-0.1, -0.05) is 25.1 Å². The Kier molecular flexibility index (Phi) is 6.64. The molecule has 0 fully saturated rings. The number of fused-ring (bicyclic) bond motifs is 1. The van der Waals surface area contributed by atoms with Gasteiger partial charge in [0.1, 0.15) is 12.2 Å². The van der Waals surface area contributed by atoms with Crippen molar-refractivity contribution in [3.05, 3.63) is 34.9 Å². The van der Waals surface area contributed by atoms with Gasteiger partial charge in [0.2, 0.25) is 0 Å². The summed E-state index contributed by atoms with van der Waals surface area (Å²) >= 11 is 0. The van der Waals surface area contributed by atoms with Crippen LogP contribution in [0, 0.1) is 0 Å². The lowest BCUT2D eigenvalue weighted by molar-refractivity contribution is -0.171. The van der Waals surface area contributed by atoms with Crippen molar-refractivity contribution in [3.8, 4) is 0 Å². The van der Waals surface area contributed by atoms with Gasteiger partial charge in [-0.3, -0.25) is 9.63 Å². The van der Waals surface area contributed by atoms with E-state index in [2.05, 4.69) is 6.92 Å². The van der Waals surface area contributed by atoms with Gasteiger partial charge >= 0.3 is 12.1 Å². The fraction of sp³-hybridized carbons (Fsp3) is 0.600. The number of rotatable bonds is 5. The maximum atomic E-state index is 12.2. The Morgan fingerprint density at radius 2 is 2.00 bits per heavy atom. The quantitative estimate of drug-likeness (QED) is 0.729. The largest absolute Gasteiger partial charge is 0.466 e. The highest BCUT2D eigenvalue weighted by molar-refractivity contribution is 5.71. The first-order valence-electron chi connectivity index (χ1n) is 9.14. The molecule has 0 aromatic heterocycles. The van der Waals surface area contributed by atoms with Crippen LogP contribution in [0.2, 0.25) is 0 Å². The van der Waals surface area contributed by atoms with Crippen LogP contribution in [0.1, 0.15) is 70.1 Å². The monoisotopic (exact) mass is 363 g/mol. The van der Waals surface area contributed by atoms with Crippen LogP contribution in [-0.4, -0.2) is 29.3 Å². The Morgan fingerprint density at radius 1 is 1.27 bits per heavy atom. The summed E-state index contributed by atoms with van der Waals surface area (Å²) in [5.41, 5.74) is 2.57. The van der Waals surface area contributed by atoms with Gasteiger partial charge in [0.25, 0.3) is 0 Å². The molecule has 0 aliphatic carbocycles. The van der Waals surface area contributed by atoms with Gasteiger partial charge in [0.05, 0.1) is 19.6 Å². The molecular weight excluding hydrogens is 334 g/mol. The molecule has 26 heavy (non-hydrogen) atoms. The van der Waals surface area contributed by atoms with Crippen molar-refractivity contribution >= 4 is 12.1 Å². The molecule has 0 spiro atoms. The average molecular weight is 363 g/mol. The highest BCUT2D eigenvalue weighted by atomic mass is 16.7. The number of hydroxylamine groups is 2. The standard InChI is InChI=1S/C20H29NO5/c1-6-14(11-18(22)24-7-2)16-10-8-9-15-12-21(25-13-17(15)16)19(23)26-20(3,4)5/h8-10,14H,6-7,11-13H2,1-5H3. The number of amides is 1. The highest BCUT2D eigenvalue weighted by Crippen LogP contribution is 2.32. The smallest absolute Gasteiger partial charge is 0.434 e. The van der Waals surface area contributed by atoms with E-state index in [1.165, 1.54) is 5.06 Å². The Bertz CT molecular complexity index is 650. The minimum atomic E-state index is -0.574. The van der Waals surface area contributed by atoms with Crippen LogP contribution in [-0.2, 0) is 32.3 Å². The van der Waals surface area contributed by atoms with Crippen LogP contribution in [0.4, 0.5) is 4.79 Å². The summed E-state index contributed by atoms with van der Waals surface area (Å²) in [5.74, 6) is -0.121. The minimum Gasteiger partial charge on any atom is -0.466 e. The molecule has 1 aromatic carbocycles. The van der Waals surface area contributed by atoms with E-state index in [1.807, 2.05) is 45.9 Å². The van der Waals surface area contributed by atoms with Gasteiger partial charge < -0.3 is 9.47 Å². The van der Waals surface area contributed by atoms with Crippen LogP contribution in [0.25, 0.3) is 0 Å². The molecule has 0 bridgehead atoms. The van der Waals surface area contributed by atoms with Crippen LogP contribution < -0.4 is 0 Å². The van der Waals surface area contributed by atoms with Crippen molar-refractivity contribution in [2.45, 2.75) is 72.1 Å². The Morgan fingerprint density at radius 3 is 2.62 bits per heavy atom. The molecule has 6 nitrogen and oxygen atoms in total. The number of carbonyl (C=O) groups is 2. The molecule has 2 rings (SSSR count). The lowest BCUT2D eigenvalue weighted by Gasteiger charge is -2.32. The average Bonchev–Trinajstić information content (AvgIpc) is 2.57. The van der Waals surface area contributed by atoms with E-state index in [0.29, 0.717) is 19.6 Å². The van der Waals surface area contributed by atoms with Gasteiger partial charge in [-0.15, -0.1) is 0 Å². The van der Waals surface area contributed by atoms with Gasteiger partial charge in [-0.25, -0.2) is 4.79 Å². The molecule has 1 atom stereocenters. The third-order valence-electron chi connectivity index (χ3n) is 4.24. The summed E-state index contributed by atoms with van der Waals surface area (Å²) in [6, 6.07) is 5.97. The fourth-order valence-corrected chi connectivity index (χ4v) is 3.03. The van der Waals surface area contributed by atoms with Gasteiger partial charge in [-0.05, 0) is 56.7 Å².